The second-order valence-corrected chi connectivity index (χ2v) is 9.18. The van der Waals surface area contributed by atoms with Crippen molar-refractivity contribution in [1.29, 1.82) is 5.26 Å². The van der Waals surface area contributed by atoms with Gasteiger partial charge in [0, 0.05) is 33.9 Å². The standard InChI is InChI=1S/C22H20BrCl2N3O2/c1-22(14-15-5-7-16(23)8-6-15)20(29)28(19-12-17(24)11-18(25)13-19)21(30)27(22)10-4-2-3-9-26/h5-8,11-13H,2-4,10,14H2,1H3/t22-/m1/s1. The summed E-state index contributed by atoms with van der Waals surface area (Å²) in [5, 5.41) is 9.49. The number of hydrogen-bond acceptors (Lipinski definition) is 3. The zero-order chi connectivity index (χ0) is 21.9. The van der Waals surface area contributed by atoms with Crippen LogP contribution in [0.5, 0.6) is 0 Å². The highest BCUT2D eigenvalue weighted by atomic mass is 79.9. The Labute approximate surface area is 194 Å². The first-order chi connectivity index (χ1) is 14.3. The Morgan fingerprint density at radius 3 is 2.30 bits per heavy atom. The second kappa shape index (κ2) is 9.38. The van der Waals surface area contributed by atoms with Gasteiger partial charge < -0.3 is 4.90 Å². The Morgan fingerprint density at radius 2 is 1.70 bits per heavy atom. The van der Waals surface area contributed by atoms with E-state index in [0.29, 0.717) is 48.0 Å². The van der Waals surface area contributed by atoms with E-state index in [1.165, 1.54) is 0 Å². The maximum atomic E-state index is 13.5. The number of halogens is 3. The van der Waals surface area contributed by atoms with Crippen LogP contribution in [-0.2, 0) is 11.2 Å². The Morgan fingerprint density at radius 1 is 1.07 bits per heavy atom. The van der Waals surface area contributed by atoms with E-state index >= 15 is 0 Å². The number of nitriles is 1. The van der Waals surface area contributed by atoms with Crippen LogP contribution in [-0.4, -0.2) is 28.9 Å². The highest BCUT2D eigenvalue weighted by molar-refractivity contribution is 9.10. The van der Waals surface area contributed by atoms with E-state index in [0.717, 1.165) is 14.9 Å². The Balaban J connectivity index is 1.97. The maximum Gasteiger partial charge on any atom is 0.332 e. The van der Waals surface area contributed by atoms with Crippen molar-refractivity contribution in [2.75, 3.05) is 11.4 Å². The quantitative estimate of drug-likeness (QED) is 0.329. The first-order valence-corrected chi connectivity index (χ1v) is 11.0. The number of amides is 3. The van der Waals surface area contributed by atoms with Gasteiger partial charge in [-0.3, -0.25) is 4.79 Å². The zero-order valence-electron chi connectivity index (χ0n) is 16.4. The van der Waals surface area contributed by atoms with Gasteiger partial charge in [-0.25, -0.2) is 9.69 Å². The summed E-state index contributed by atoms with van der Waals surface area (Å²) in [4.78, 5) is 29.6. The molecule has 156 valence electrons. The van der Waals surface area contributed by atoms with E-state index in [9.17, 15) is 9.59 Å². The summed E-state index contributed by atoms with van der Waals surface area (Å²) < 4.78 is 0.939. The van der Waals surface area contributed by atoms with Gasteiger partial charge in [-0.15, -0.1) is 0 Å². The molecule has 3 rings (SSSR count). The van der Waals surface area contributed by atoms with Crippen molar-refractivity contribution in [2.24, 2.45) is 0 Å². The number of nitrogens with zero attached hydrogens (tertiary/aromatic N) is 3. The van der Waals surface area contributed by atoms with Gasteiger partial charge in [0.2, 0.25) is 0 Å². The van der Waals surface area contributed by atoms with Crippen LogP contribution in [0.15, 0.2) is 46.9 Å². The van der Waals surface area contributed by atoms with Crippen LogP contribution in [0.25, 0.3) is 0 Å². The van der Waals surface area contributed by atoms with E-state index < -0.39 is 11.6 Å². The number of unbranched alkanes of at least 4 members (excludes halogenated alkanes) is 2. The second-order valence-electron chi connectivity index (χ2n) is 7.39. The van der Waals surface area contributed by atoms with Crippen LogP contribution in [0.1, 0.15) is 31.7 Å². The van der Waals surface area contributed by atoms with Crippen LogP contribution in [0.3, 0.4) is 0 Å². The van der Waals surface area contributed by atoms with Crippen molar-refractivity contribution < 1.29 is 9.59 Å². The number of imide groups is 1. The topological polar surface area (TPSA) is 64.4 Å². The molecule has 0 radical (unpaired) electrons. The molecule has 1 aliphatic heterocycles. The fourth-order valence-electron chi connectivity index (χ4n) is 3.66. The number of anilines is 1. The summed E-state index contributed by atoms with van der Waals surface area (Å²) in [6.07, 6.45) is 2.07. The van der Waals surface area contributed by atoms with Crippen molar-refractivity contribution in [2.45, 2.75) is 38.1 Å². The summed E-state index contributed by atoms with van der Waals surface area (Å²) >= 11 is 15.6. The minimum atomic E-state index is -1.06. The molecule has 1 aliphatic rings. The molecule has 8 heteroatoms. The zero-order valence-corrected chi connectivity index (χ0v) is 19.5. The fraction of sp³-hybridized carbons (Fsp3) is 0.318. The minimum Gasteiger partial charge on any atom is -0.309 e. The number of hydrogen-bond donors (Lipinski definition) is 0. The Hall–Kier alpha value is -2.07. The first kappa shape index (κ1) is 22.6. The van der Waals surface area contributed by atoms with Gasteiger partial charge in [-0.05, 0) is 55.7 Å². The van der Waals surface area contributed by atoms with Crippen LogP contribution < -0.4 is 4.90 Å². The average molecular weight is 509 g/mol. The molecule has 1 atom stereocenters. The number of carbonyl (C=O) groups is 2. The fourth-order valence-corrected chi connectivity index (χ4v) is 4.44. The molecule has 1 heterocycles. The van der Waals surface area contributed by atoms with Gasteiger partial charge in [0.05, 0.1) is 11.8 Å². The number of urea groups is 1. The molecule has 30 heavy (non-hydrogen) atoms. The van der Waals surface area contributed by atoms with Crippen molar-refractivity contribution in [3.05, 3.63) is 62.5 Å². The van der Waals surface area contributed by atoms with E-state index in [-0.39, 0.29) is 5.91 Å². The van der Waals surface area contributed by atoms with Gasteiger partial charge in [0.25, 0.3) is 5.91 Å². The first-order valence-electron chi connectivity index (χ1n) is 9.50. The van der Waals surface area contributed by atoms with Gasteiger partial charge >= 0.3 is 6.03 Å². The van der Waals surface area contributed by atoms with Crippen LogP contribution in [0.4, 0.5) is 10.5 Å². The molecule has 0 spiro atoms. The summed E-state index contributed by atoms with van der Waals surface area (Å²) in [6, 6.07) is 14.1. The summed E-state index contributed by atoms with van der Waals surface area (Å²) in [7, 11) is 0. The predicted molar refractivity (Wildman–Crippen MR) is 122 cm³/mol. The van der Waals surface area contributed by atoms with Crippen molar-refractivity contribution in [3.63, 3.8) is 0 Å². The lowest BCUT2D eigenvalue weighted by atomic mass is 9.91. The monoisotopic (exact) mass is 507 g/mol. The Bertz CT molecular complexity index is 986. The van der Waals surface area contributed by atoms with Crippen molar-refractivity contribution in [1.82, 2.24) is 4.90 Å². The van der Waals surface area contributed by atoms with E-state index in [2.05, 4.69) is 22.0 Å². The summed E-state index contributed by atoms with van der Waals surface area (Å²) in [5.41, 5.74) is 0.228. The molecule has 0 aliphatic carbocycles. The average Bonchev–Trinajstić information content (AvgIpc) is 2.86. The van der Waals surface area contributed by atoms with Crippen LogP contribution in [0, 0.1) is 11.3 Å². The number of carbonyl (C=O) groups excluding carboxylic acids is 2. The van der Waals surface area contributed by atoms with Crippen LogP contribution >= 0.6 is 39.1 Å². The predicted octanol–water partition coefficient (Wildman–Crippen LogP) is 6.22. The maximum absolute atomic E-state index is 13.5. The van der Waals surface area contributed by atoms with Gasteiger partial charge in [-0.1, -0.05) is 51.3 Å². The SMILES string of the molecule is C[C@@]1(Cc2ccc(Br)cc2)C(=O)N(c2cc(Cl)cc(Cl)c2)C(=O)N1CCCCC#N. The van der Waals surface area contributed by atoms with Gasteiger partial charge in [0.15, 0.2) is 0 Å². The van der Waals surface area contributed by atoms with Gasteiger partial charge in [0.1, 0.15) is 5.54 Å². The molecule has 2 aromatic rings. The number of benzene rings is 2. The summed E-state index contributed by atoms with van der Waals surface area (Å²) in [5.74, 6) is -0.325. The lowest BCUT2D eigenvalue weighted by Gasteiger charge is -2.32. The molecule has 0 unspecified atom stereocenters. The highest BCUT2D eigenvalue weighted by Gasteiger charge is 2.54. The molecule has 5 nitrogen and oxygen atoms in total. The lowest BCUT2D eigenvalue weighted by molar-refractivity contribution is -0.124. The smallest absolute Gasteiger partial charge is 0.309 e. The largest absolute Gasteiger partial charge is 0.332 e. The van der Waals surface area contributed by atoms with Crippen molar-refractivity contribution >= 4 is 56.8 Å². The molecule has 1 fully saturated rings. The molecule has 1 saturated heterocycles. The number of rotatable bonds is 7. The molecular formula is C22H20BrCl2N3O2. The van der Waals surface area contributed by atoms with E-state index in [1.807, 2.05) is 24.3 Å². The molecule has 0 N–H and O–H groups in total. The minimum absolute atomic E-state index is 0.325. The van der Waals surface area contributed by atoms with Crippen molar-refractivity contribution in [3.8, 4) is 6.07 Å². The van der Waals surface area contributed by atoms with Crippen LogP contribution in [0.2, 0.25) is 10.0 Å². The third-order valence-electron chi connectivity index (χ3n) is 5.17. The van der Waals surface area contributed by atoms with Gasteiger partial charge in [-0.2, -0.15) is 5.26 Å². The molecular weight excluding hydrogens is 489 g/mol. The molecule has 0 aromatic heterocycles. The normalized spacial score (nSPS) is 18.8. The molecule has 3 amide bonds. The van der Waals surface area contributed by atoms with E-state index in [4.69, 9.17) is 28.5 Å². The third kappa shape index (κ3) is 4.64. The third-order valence-corrected chi connectivity index (χ3v) is 6.13. The molecule has 0 saturated carbocycles. The molecule has 2 aromatic carbocycles. The van der Waals surface area contributed by atoms with E-state index in [1.54, 1.807) is 30.0 Å². The summed E-state index contributed by atoms with van der Waals surface area (Å²) in [6.45, 7) is 2.16. The lowest BCUT2D eigenvalue weighted by Crippen LogP contribution is -2.49. The highest BCUT2D eigenvalue weighted by Crippen LogP contribution is 2.37. The Kier molecular flexibility index (Phi) is 7.07. The molecule has 0 bridgehead atoms.